The van der Waals surface area contributed by atoms with E-state index in [4.69, 9.17) is 9.47 Å². The van der Waals surface area contributed by atoms with Crippen molar-refractivity contribution in [1.82, 2.24) is 4.57 Å². The Labute approximate surface area is 126 Å². The largest absolute Gasteiger partial charge is 0.353 e. The van der Waals surface area contributed by atoms with E-state index in [9.17, 15) is 9.59 Å². The second kappa shape index (κ2) is 7.49. The van der Waals surface area contributed by atoms with Crippen LogP contribution >= 0.6 is 11.3 Å². The first-order valence-electron chi connectivity index (χ1n) is 7.03. The van der Waals surface area contributed by atoms with Crippen molar-refractivity contribution >= 4 is 21.4 Å². The molecular weight excluding hydrogens is 290 g/mol. The topological polar surface area (TPSA) is 57.5 Å². The van der Waals surface area contributed by atoms with Crippen LogP contribution in [0.2, 0.25) is 0 Å². The van der Waals surface area contributed by atoms with Crippen LogP contribution in [0.1, 0.15) is 20.3 Å². The SMILES string of the molecule is CCOC(CCn1c(=O)sc2ccccc2c1=O)OCC. The van der Waals surface area contributed by atoms with Gasteiger partial charge in [-0.25, -0.2) is 0 Å². The van der Waals surface area contributed by atoms with Crippen molar-refractivity contribution in [2.24, 2.45) is 0 Å². The first-order valence-corrected chi connectivity index (χ1v) is 7.85. The summed E-state index contributed by atoms with van der Waals surface area (Å²) in [6.45, 7) is 5.13. The molecule has 2 aromatic rings. The number of ether oxygens (including phenoxy) is 2. The zero-order chi connectivity index (χ0) is 15.2. The maximum absolute atomic E-state index is 12.4. The third kappa shape index (κ3) is 3.78. The van der Waals surface area contributed by atoms with E-state index in [0.29, 0.717) is 31.6 Å². The lowest BCUT2D eigenvalue weighted by Crippen LogP contribution is -2.33. The van der Waals surface area contributed by atoms with Crippen molar-refractivity contribution < 1.29 is 9.47 Å². The summed E-state index contributed by atoms with van der Waals surface area (Å²) in [6, 6.07) is 7.15. The predicted octanol–water partition coefficient (Wildman–Crippen LogP) is 2.21. The monoisotopic (exact) mass is 309 g/mol. The van der Waals surface area contributed by atoms with Gasteiger partial charge in [-0.1, -0.05) is 23.5 Å². The van der Waals surface area contributed by atoms with E-state index < -0.39 is 0 Å². The zero-order valence-corrected chi connectivity index (χ0v) is 13.0. The molecule has 0 saturated carbocycles. The van der Waals surface area contributed by atoms with E-state index in [1.807, 2.05) is 19.9 Å². The molecule has 6 heteroatoms. The summed E-state index contributed by atoms with van der Waals surface area (Å²) >= 11 is 1.09. The number of aromatic nitrogens is 1. The molecule has 1 aromatic heterocycles. The van der Waals surface area contributed by atoms with Gasteiger partial charge in [-0.15, -0.1) is 0 Å². The van der Waals surface area contributed by atoms with Gasteiger partial charge < -0.3 is 9.47 Å². The standard InChI is InChI=1S/C15H19NO4S/c1-3-19-13(20-4-2)9-10-16-14(17)11-7-5-6-8-12(11)21-15(16)18/h5-8,13H,3-4,9-10H2,1-2H3. The fraction of sp³-hybridized carbons (Fsp3) is 0.467. The van der Waals surface area contributed by atoms with E-state index in [0.717, 1.165) is 16.0 Å². The van der Waals surface area contributed by atoms with E-state index in [1.165, 1.54) is 4.57 Å². The number of rotatable bonds is 7. The molecule has 0 radical (unpaired) electrons. The summed E-state index contributed by atoms with van der Waals surface area (Å²) in [5.74, 6) is 0. The van der Waals surface area contributed by atoms with Gasteiger partial charge in [0.25, 0.3) is 5.56 Å². The van der Waals surface area contributed by atoms with Crippen LogP contribution in [0.4, 0.5) is 0 Å². The number of benzene rings is 1. The van der Waals surface area contributed by atoms with Crippen LogP contribution in [0.15, 0.2) is 33.9 Å². The van der Waals surface area contributed by atoms with E-state index in [1.54, 1.807) is 18.2 Å². The van der Waals surface area contributed by atoms with Gasteiger partial charge in [-0.2, -0.15) is 0 Å². The van der Waals surface area contributed by atoms with Crippen LogP contribution < -0.4 is 10.4 Å². The van der Waals surface area contributed by atoms with E-state index >= 15 is 0 Å². The van der Waals surface area contributed by atoms with Crippen LogP contribution in [0.5, 0.6) is 0 Å². The molecular formula is C15H19NO4S. The maximum atomic E-state index is 12.4. The lowest BCUT2D eigenvalue weighted by atomic mass is 10.3. The zero-order valence-electron chi connectivity index (χ0n) is 12.2. The van der Waals surface area contributed by atoms with Gasteiger partial charge in [0.15, 0.2) is 6.29 Å². The average Bonchev–Trinajstić information content (AvgIpc) is 2.47. The molecule has 0 unspecified atom stereocenters. The van der Waals surface area contributed by atoms with Gasteiger partial charge in [0.1, 0.15) is 0 Å². The third-order valence-corrected chi connectivity index (χ3v) is 4.04. The highest BCUT2D eigenvalue weighted by Crippen LogP contribution is 2.11. The second-order valence-electron chi connectivity index (χ2n) is 4.45. The molecule has 0 N–H and O–H groups in total. The molecule has 0 aliphatic heterocycles. The second-order valence-corrected chi connectivity index (χ2v) is 5.44. The van der Waals surface area contributed by atoms with Crippen molar-refractivity contribution in [2.75, 3.05) is 13.2 Å². The summed E-state index contributed by atoms with van der Waals surface area (Å²) in [6.07, 6.45) is 0.0878. The number of nitrogens with zero attached hydrogens (tertiary/aromatic N) is 1. The predicted molar refractivity (Wildman–Crippen MR) is 84.0 cm³/mol. The Bertz CT molecular complexity index is 701. The molecule has 0 aliphatic rings. The Balaban J connectivity index is 2.26. The summed E-state index contributed by atoms with van der Waals surface area (Å²) in [5.41, 5.74) is -0.249. The summed E-state index contributed by atoms with van der Waals surface area (Å²) in [5, 5.41) is 0.575. The van der Waals surface area contributed by atoms with Gasteiger partial charge >= 0.3 is 4.87 Å². The molecule has 0 saturated heterocycles. The molecule has 1 aromatic carbocycles. The minimum absolute atomic E-state index is 0.245. The minimum atomic E-state index is -0.386. The Kier molecular flexibility index (Phi) is 5.67. The molecule has 0 fully saturated rings. The number of fused-ring (bicyclic) bond motifs is 1. The van der Waals surface area contributed by atoms with Crippen molar-refractivity contribution in [3.8, 4) is 0 Å². The van der Waals surface area contributed by atoms with Gasteiger partial charge in [0.2, 0.25) is 0 Å². The summed E-state index contributed by atoms with van der Waals surface area (Å²) in [4.78, 5) is 24.2. The van der Waals surface area contributed by atoms with Crippen LogP contribution in [-0.2, 0) is 16.0 Å². The highest BCUT2D eigenvalue weighted by atomic mass is 32.1. The van der Waals surface area contributed by atoms with Crippen molar-refractivity contribution in [3.63, 3.8) is 0 Å². The molecule has 0 spiro atoms. The van der Waals surface area contributed by atoms with Crippen LogP contribution in [0, 0.1) is 0 Å². The fourth-order valence-corrected chi connectivity index (χ4v) is 3.01. The molecule has 114 valence electrons. The Morgan fingerprint density at radius 1 is 1.14 bits per heavy atom. The highest BCUT2D eigenvalue weighted by Gasteiger charge is 2.12. The molecule has 1 heterocycles. The first kappa shape index (κ1) is 15.9. The summed E-state index contributed by atoms with van der Waals surface area (Å²) < 4.78 is 12.8. The van der Waals surface area contributed by atoms with Crippen molar-refractivity contribution in [1.29, 1.82) is 0 Å². The van der Waals surface area contributed by atoms with Crippen LogP contribution in [0.3, 0.4) is 0 Å². The lowest BCUT2D eigenvalue weighted by molar-refractivity contribution is -0.141. The quantitative estimate of drug-likeness (QED) is 0.736. The molecule has 5 nitrogen and oxygen atoms in total. The number of hydrogen-bond acceptors (Lipinski definition) is 5. The minimum Gasteiger partial charge on any atom is -0.353 e. The van der Waals surface area contributed by atoms with E-state index in [-0.39, 0.29) is 16.7 Å². The molecule has 0 amide bonds. The molecule has 0 bridgehead atoms. The van der Waals surface area contributed by atoms with E-state index in [2.05, 4.69) is 0 Å². The maximum Gasteiger partial charge on any atom is 0.310 e. The normalized spacial score (nSPS) is 11.4. The van der Waals surface area contributed by atoms with Crippen molar-refractivity contribution in [2.45, 2.75) is 33.1 Å². The summed E-state index contributed by atoms with van der Waals surface area (Å²) in [7, 11) is 0. The Morgan fingerprint density at radius 3 is 2.48 bits per heavy atom. The van der Waals surface area contributed by atoms with Crippen molar-refractivity contribution in [3.05, 3.63) is 44.3 Å². The molecule has 2 rings (SSSR count). The smallest absolute Gasteiger partial charge is 0.310 e. The average molecular weight is 309 g/mol. The lowest BCUT2D eigenvalue weighted by Gasteiger charge is -2.17. The fourth-order valence-electron chi connectivity index (χ4n) is 2.12. The number of hydrogen-bond donors (Lipinski definition) is 0. The molecule has 0 aliphatic carbocycles. The molecule has 0 atom stereocenters. The Hall–Kier alpha value is -1.50. The Morgan fingerprint density at radius 2 is 1.81 bits per heavy atom. The van der Waals surface area contributed by atoms with Gasteiger partial charge in [-0.3, -0.25) is 14.2 Å². The third-order valence-electron chi connectivity index (χ3n) is 3.07. The van der Waals surface area contributed by atoms with Crippen LogP contribution in [-0.4, -0.2) is 24.1 Å². The molecule has 21 heavy (non-hydrogen) atoms. The highest BCUT2D eigenvalue weighted by molar-refractivity contribution is 7.16. The van der Waals surface area contributed by atoms with Crippen LogP contribution in [0.25, 0.3) is 10.1 Å². The van der Waals surface area contributed by atoms with Gasteiger partial charge in [0, 0.05) is 30.9 Å². The first-order chi connectivity index (χ1) is 10.2. The van der Waals surface area contributed by atoms with Gasteiger partial charge in [-0.05, 0) is 26.0 Å². The van der Waals surface area contributed by atoms with Gasteiger partial charge in [0.05, 0.1) is 5.39 Å².